The van der Waals surface area contributed by atoms with E-state index in [1.54, 1.807) is 55.5 Å². The van der Waals surface area contributed by atoms with Crippen molar-refractivity contribution in [3.8, 4) is 5.75 Å². The number of methoxy groups -OCH3 is 1. The van der Waals surface area contributed by atoms with Gasteiger partial charge in [0.15, 0.2) is 0 Å². The van der Waals surface area contributed by atoms with Gasteiger partial charge in [-0.2, -0.15) is 0 Å². The van der Waals surface area contributed by atoms with E-state index in [0.29, 0.717) is 22.9 Å². The van der Waals surface area contributed by atoms with Gasteiger partial charge >= 0.3 is 0 Å². The van der Waals surface area contributed by atoms with Crippen LogP contribution in [-0.2, 0) is 26.2 Å². The molecule has 2 amide bonds. The van der Waals surface area contributed by atoms with E-state index >= 15 is 0 Å². The molecule has 32 heavy (non-hydrogen) atoms. The van der Waals surface area contributed by atoms with Crippen LogP contribution in [0.4, 0.5) is 5.69 Å². The third-order valence-electron chi connectivity index (χ3n) is 4.94. The van der Waals surface area contributed by atoms with Gasteiger partial charge in [-0.15, -0.1) is 0 Å². The van der Waals surface area contributed by atoms with Gasteiger partial charge in [0.1, 0.15) is 18.3 Å². The van der Waals surface area contributed by atoms with Crippen molar-refractivity contribution in [3.05, 3.63) is 59.1 Å². The zero-order valence-electron chi connectivity index (χ0n) is 18.5. The summed E-state index contributed by atoms with van der Waals surface area (Å²) in [7, 11) is -0.775. The zero-order chi connectivity index (χ0) is 23.9. The van der Waals surface area contributed by atoms with Crippen molar-refractivity contribution in [2.24, 2.45) is 0 Å². The highest BCUT2D eigenvalue weighted by atomic mass is 35.5. The molecule has 1 atom stereocenters. The molecule has 0 fully saturated rings. The zero-order valence-corrected chi connectivity index (χ0v) is 20.1. The first-order valence-corrected chi connectivity index (χ1v) is 12.2. The third-order valence-corrected chi connectivity index (χ3v) is 6.33. The lowest BCUT2D eigenvalue weighted by atomic mass is 10.1. The van der Waals surface area contributed by atoms with Gasteiger partial charge in [0.2, 0.25) is 21.8 Å². The molecule has 2 aromatic carbocycles. The van der Waals surface area contributed by atoms with Crippen molar-refractivity contribution < 1.29 is 22.7 Å². The lowest BCUT2D eigenvalue weighted by molar-refractivity contribution is -0.140. The van der Waals surface area contributed by atoms with Gasteiger partial charge in [-0.05, 0) is 48.4 Å². The van der Waals surface area contributed by atoms with E-state index in [-0.39, 0.29) is 12.5 Å². The van der Waals surface area contributed by atoms with Gasteiger partial charge < -0.3 is 15.0 Å². The van der Waals surface area contributed by atoms with Crippen molar-refractivity contribution in [1.82, 2.24) is 10.2 Å². The maximum Gasteiger partial charge on any atom is 0.244 e. The topological polar surface area (TPSA) is 96.0 Å². The highest BCUT2D eigenvalue weighted by molar-refractivity contribution is 7.92. The minimum Gasteiger partial charge on any atom is -0.497 e. The predicted octanol–water partition coefficient (Wildman–Crippen LogP) is 2.67. The normalized spacial score (nSPS) is 12.0. The second-order valence-corrected chi connectivity index (χ2v) is 9.50. The Labute approximate surface area is 194 Å². The molecule has 0 saturated carbocycles. The number of hydrogen-bond donors (Lipinski definition) is 1. The van der Waals surface area contributed by atoms with E-state index in [4.69, 9.17) is 16.3 Å². The van der Waals surface area contributed by atoms with Gasteiger partial charge in [0, 0.05) is 18.6 Å². The highest BCUT2D eigenvalue weighted by Gasteiger charge is 2.31. The summed E-state index contributed by atoms with van der Waals surface area (Å²) in [6.45, 7) is 1.47. The number of ether oxygens (including phenoxy) is 1. The van der Waals surface area contributed by atoms with Crippen LogP contribution in [0.2, 0.25) is 5.02 Å². The third kappa shape index (κ3) is 6.61. The minimum atomic E-state index is -3.78. The number of nitrogens with one attached hydrogen (secondary N) is 1. The van der Waals surface area contributed by atoms with E-state index in [9.17, 15) is 18.0 Å². The van der Waals surface area contributed by atoms with Gasteiger partial charge in [-0.1, -0.05) is 30.7 Å². The molecule has 8 nitrogen and oxygen atoms in total. The Morgan fingerprint density at radius 1 is 1.09 bits per heavy atom. The molecule has 0 spiro atoms. The number of hydrogen-bond acceptors (Lipinski definition) is 5. The van der Waals surface area contributed by atoms with E-state index in [1.807, 2.05) is 0 Å². The molecule has 10 heteroatoms. The molecule has 1 N–H and O–H groups in total. The first kappa shape index (κ1) is 25.5. The van der Waals surface area contributed by atoms with E-state index in [0.717, 1.165) is 16.1 Å². The number of carbonyl (C=O) groups is 2. The molecule has 0 aliphatic rings. The summed E-state index contributed by atoms with van der Waals surface area (Å²) in [6.07, 6.45) is 1.39. The van der Waals surface area contributed by atoms with Crippen LogP contribution in [0, 0.1) is 0 Å². The Morgan fingerprint density at radius 3 is 2.16 bits per heavy atom. The highest BCUT2D eigenvalue weighted by Crippen LogP contribution is 2.23. The molecule has 0 radical (unpaired) electrons. The number of rotatable bonds is 10. The predicted molar refractivity (Wildman–Crippen MR) is 125 cm³/mol. The number of halogens is 1. The first-order valence-electron chi connectivity index (χ1n) is 9.98. The van der Waals surface area contributed by atoms with Crippen molar-refractivity contribution in [1.29, 1.82) is 0 Å². The second-order valence-electron chi connectivity index (χ2n) is 7.15. The molecule has 2 aromatic rings. The van der Waals surface area contributed by atoms with Crippen LogP contribution in [0.5, 0.6) is 5.75 Å². The standard InChI is InChI=1S/C22H28ClN3O5S/c1-5-20(22(28)24-2)25(14-16-6-8-17(23)9-7-16)21(27)15-26(32(4,29)30)18-10-12-19(31-3)13-11-18/h6-13,20H,5,14-15H2,1-4H3,(H,24,28)/t20-/m1/s1. The molecule has 0 aliphatic heterocycles. The fraction of sp³-hybridized carbons (Fsp3) is 0.364. The molecule has 0 aromatic heterocycles. The van der Waals surface area contributed by atoms with Crippen LogP contribution >= 0.6 is 11.6 Å². The average Bonchev–Trinajstić information content (AvgIpc) is 2.77. The van der Waals surface area contributed by atoms with E-state index < -0.39 is 28.5 Å². The molecular weight excluding hydrogens is 454 g/mol. The Bertz CT molecular complexity index is 1030. The molecule has 0 bridgehead atoms. The molecular formula is C22H28ClN3O5S. The summed E-state index contributed by atoms with van der Waals surface area (Å²) in [5, 5.41) is 3.12. The van der Waals surface area contributed by atoms with Crippen molar-refractivity contribution in [2.45, 2.75) is 25.9 Å². The van der Waals surface area contributed by atoms with E-state index in [2.05, 4.69) is 5.32 Å². The largest absolute Gasteiger partial charge is 0.497 e. The van der Waals surface area contributed by atoms with Gasteiger partial charge in [-0.3, -0.25) is 13.9 Å². The van der Waals surface area contributed by atoms with Crippen molar-refractivity contribution >= 4 is 39.1 Å². The summed E-state index contributed by atoms with van der Waals surface area (Å²) >= 11 is 5.95. The Balaban J connectivity index is 2.39. The fourth-order valence-electron chi connectivity index (χ4n) is 3.23. The second kappa shape index (κ2) is 11.2. The lowest BCUT2D eigenvalue weighted by Gasteiger charge is -2.32. The molecule has 0 heterocycles. The number of likely N-dealkylation sites (N-methyl/N-ethyl adjacent to an activating group) is 1. The molecule has 174 valence electrons. The molecule has 0 saturated heterocycles. The summed E-state index contributed by atoms with van der Waals surface area (Å²) in [5.74, 6) is -0.273. The van der Waals surface area contributed by atoms with Crippen LogP contribution < -0.4 is 14.4 Å². The number of sulfonamides is 1. The average molecular weight is 482 g/mol. The van der Waals surface area contributed by atoms with Crippen LogP contribution in [0.1, 0.15) is 18.9 Å². The fourth-order valence-corrected chi connectivity index (χ4v) is 4.21. The van der Waals surface area contributed by atoms with E-state index in [1.165, 1.54) is 19.1 Å². The number of anilines is 1. The summed E-state index contributed by atoms with van der Waals surface area (Å²) in [6, 6.07) is 12.5. The summed E-state index contributed by atoms with van der Waals surface area (Å²) in [5.41, 5.74) is 1.08. The van der Waals surface area contributed by atoms with Gasteiger partial charge in [-0.25, -0.2) is 8.42 Å². The Morgan fingerprint density at radius 2 is 1.69 bits per heavy atom. The Kier molecular flexibility index (Phi) is 8.91. The lowest BCUT2D eigenvalue weighted by Crippen LogP contribution is -2.51. The number of carbonyl (C=O) groups excluding carboxylic acids is 2. The SMILES string of the molecule is CC[C@H](C(=O)NC)N(Cc1ccc(Cl)cc1)C(=O)CN(c1ccc(OC)cc1)S(C)(=O)=O. The van der Waals surface area contributed by atoms with Crippen LogP contribution in [0.25, 0.3) is 0 Å². The summed E-state index contributed by atoms with van der Waals surface area (Å²) in [4.78, 5) is 27.3. The smallest absolute Gasteiger partial charge is 0.244 e. The molecule has 2 rings (SSSR count). The van der Waals surface area contributed by atoms with Crippen LogP contribution in [-0.4, -0.2) is 58.1 Å². The van der Waals surface area contributed by atoms with Crippen LogP contribution in [0.15, 0.2) is 48.5 Å². The number of nitrogens with zero attached hydrogens (tertiary/aromatic N) is 2. The number of amides is 2. The molecule has 0 aliphatic carbocycles. The maximum atomic E-state index is 13.4. The van der Waals surface area contributed by atoms with Gasteiger partial charge in [0.25, 0.3) is 0 Å². The maximum absolute atomic E-state index is 13.4. The Hall–Kier alpha value is -2.78. The number of benzene rings is 2. The van der Waals surface area contributed by atoms with Crippen LogP contribution in [0.3, 0.4) is 0 Å². The van der Waals surface area contributed by atoms with Crippen molar-refractivity contribution in [3.63, 3.8) is 0 Å². The van der Waals surface area contributed by atoms with Gasteiger partial charge in [0.05, 0.1) is 19.1 Å². The van der Waals surface area contributed by atoms with Crippen molar-refractivity contribution in [2.75, 3.05) is 31.3 Å². The molecule has 0 unspecified atom stereocenters. The first-order chi connectivity index (χ1) is 15.1. The quantitative estimate of drug-likeness (QED) is 0.562. The minimum absolute atomic E-state index is 0.127. The monoisotopic (exact) mass is 481 g/mol. The summed E-state index contributed by atoms with van der Waals surface area (Å²) < 4.78 is 31.1.